The number of rotatable bonds is 7. The molecule has 0 aliphatic heterocycles. The number of nitrogens with zero attached hydrogens (tertiary/aromatic N) is 1. The summed E-state index contributed by atoms with van der Waals surface area (Å²) in [6, 6.07) is 34.9. The summed E-state index contributed by atoms with van der Waals surface area (Å²) in [4.78, 5) is 2.19. The molecule has 0 saturated carbocycles. The van der Waals surface area contributed by atoms with Crippen molar-refractivity contribution in [1.82, 2.24) is 0 Å². The molecule has 0 atom stereocenters. The van der Waals surface area contributed by atoms with Crippen molar-refractivity contribution in [2.45, 2.75) is 0 Å². The topological polar surface area (TPSA) is 21.7 Å². The van der Waals surface area contributed by atoms with E-state index in [1.54, 1.807) is 14.2 Å². The second-order valence-electron chi connectivity index (χ2n) is 7.04. The lowest BCUT2D eigenvalue weighted by Crippen LogP contribution is -2.10. The normalized spacial score (nSPS) is 10.8. The van der Waals surface area contributed by atoms with E-state index in [1.165, 1.54) is 0 Å². The average Bonchev–Trinajstić information content (AvgIpc) is 2.86. The zero-order valence-electron chi connectivity index (χ0n) is 17.7. The molecule has 0 aliphatic carbocycles. The van der Waals surface area contributed by atoms with Crippen LogP contribution in [-0.4, -0.2) is 14.2 Å². The van der Waals surface area contributed by atoms with Gasteiger partial charge in [0.15, 0.2) is 0 Å². The monoisotopic (exact) mass is 407 g/mol. The maximum atomic E-state index is 5.52. The molecule has 4 aromatic rings. The van der Waals surface area contributed by atoms with Gasteiger partial charge in [-0.2, -0.15) is 0 Å². The molecule has 0 aromatic heterocycles. The fraction of sp³-hybridized carbons (Fsp3) is 0.0714. The van der Waals surface area contributed by atoms with Crippen LogP contribution in [0.4, 0.5) is 11.4 Å². The van der Waals surface area contributed by atoms with Crippen LogP contribution in [0.2, 0.25) is 0 Å². The van der Waals surface area contributed by atoms with Crippen LogP contribution in [0.15, 0.2) is 109 Å². The van der Waals surface area contributed by atoms with Crippen LogP contribution in [0.5, 0.6) is 11.5 Å². The second-order valence-corrected chi connectivity index (χ2v) is 7.04. The summed E-state index contributed by atoms with van der Waals surface area (Å²) in [5.74, 6) is 1.65. The number of hydrogen-bond acceptors (Lipinski definition) is 3. The van der Waals surface area contributed by atoms with Crippen molar-refractivity contribution in [3.63, 3.8) is 0 Å². The predicted octanol–water partition coefficient (Wildman–Crippen LogP) is 7.18. The van der Waals surface area contributed by atoms with E-state index in [-0.39, 0.29) is 0 Å². The van der Waals surface area contributed by atoms with Crippen LogP contribution in [0.1, 0.15) is 5.56 Å². The van der Waals surface area contributed by atoms with Crippen molar-refractivity contribution >= 4 is 17.5 Å². The number of anilines is 2. The summed E-state index contributed by atoms with van der Waals surface area (Å²) in [5, 5.41) is 0. The zero-order valence-corrected chi connectivity index (χ0v) is 17.7. The fourth-order valence-electron chi connectivity index (χ4n) is 3.47. The van der Waals surface area contributed by atoms with Crippen LogP contribution in [0.25, 0.3) is 17.2 Å². The second kappa shape index (κ2) is 9.68. The first-order valence-corrected chi connectivity index (χ1v) is 10.2. The molecular formula is C28H25NO2. The molecule has 0 amide bonds. The highest BCUT2D eigenvalue weighted by molar-refractivity contribution is 5.85. The number of hydrogen-bond donors (Lipinski definition) is 0. The number of methoxy groups -OCH3 is 2. The summed E-state index contributed by atoms with van der Waals surface area (Å²) in [6.45, 7) is 0. The van der Waals surface area contributed by atoms with E-state index in [9.17, 15) is 0 Å². The molecule has 3 nitrogen and oxygen atoms in total. The third-order valence-corrected chi connectivity index (χ3v) is 5.11. The molecule has 31 heavy (non-hydrogen) atoms. The van der Waals surface area contributed by atoms with Crippen molar-refractivity contribution in [3.05, 3.63) is 115 Å². The van der Waals surface area contributed by atoms with Gasteiger partial charge >= 0.3 is 0 Å². The highest BCUT2D eigenvalue weighted by atomic mass is 16.5. The van der Waals surface area contributed by atoms with Gasteiger partial charge < -0.3 is 14.4 Å². The van der Waals surface area contributed by atoms with Gasteiger partial charge in [-0.25, -0.2) is 0 Å². The minimum absolute atomic E-state index is 0.823. The van der Waals surface area contributed by atoms with Crippen LogP contribution in [0, 0.1) is 0 Å². The van der Waals surface area contributed by atoms with Gasteiger partial charge in [-0.15, -0.1) is 0 Å². The van der Waals surface area contributed by atoms with E-state index in [0.29, 0.717) is 0 Å². The highest BCUT2D eigenvalue weighted by Gasteiger charge is 2.14. The van der Waals surface area contributed by atoms with Gasteiger partial charge in [0.05, 0.1) is 19.9 Å². The van der Waals surface area contributed by atoms with Crippen LogP contribution >= 0.6 is 0 Å². The first-order chi connectivity index (χ1) is 15.3. The quantitative estimate of drug-likeness (QED) is 0.324. The molecule has 4 aromatic carbocycles. The fourth-order valence-corrected chi connectivity index (χ4v) is 3.47. The van der Waals surface area contributed by atoms with E-state index in [0.717, 1.165) is 39.6 Å². The van der Waals surface area contributed by atoms with E-state index >= 15 is 0 Å². The standard InChI is InChI=1S/C28H25NO2/c1-30-25-15-13-24(14-16-25)29(20-19-22-9-5-3-6-10-22)28-18-17-26(31-2)21-27(28)23-11-7-4-8-12-23/h3-21H,1-2H3/b20-19+. The van der Waals surface area contributed by atoms with Gasteiger partial charge in [0, 0.05) is 17.5 Å². The Hall–Kier alpha value is -3.98. The van der Waals surface area contributed by atoms with Crippen LogP contribution in [0.3, 0.4) is 0 Å². The van der Waals surface area contributed by atoms with Gasteiger partial charge in [-0.05, 0) is 59.7 Å². The van der Waals surface area contributed by atoms with Gasteiger partial charge in [-0.1, -0.05) is 60.7 Å². The molecule has 0 spiro atoms. The summed E-state index contributed by atoms with van der Waals surface area (Å²) in [6.07, 6.45) is 4.22. The molecule has 3 heteroatoms. The average molecular weight is 408 g/mol. The van der Waals surface area contributed by atoms with Crippen molar-refractivity contribution in [2.24, 2.45) is 0 Å². The van der Waals surface area contributed by atoms with E-state index in [1.807, 2.05) is 42.5 Å². The molecule has 0 unspecified atom stereocenters. The molecule has 0 heterocycles. The predicted molar refractivity (Wildman–Crippen MR) is 129 cm³/mol. The molecule has 0 aliphatic rings. The largest absolute Gasteiger partial charge is 0.497 e. The zero-order chi connectivity index (χ0) is 21.5. The maximum Gasteiger partial charge on any atom is 0.119 e. The van der Waals surface area contributed by atoms with E-state index in [2.05, 4.69) is 77.8 Å². The van der Waals surface area contributed by atoms with Crippen molar-refractivity contribution in [2.75, 3.05) is 19.1 Å². The summed E-state index contributed by atoms with van der Waals surface area (Å²) < 4.78 is 10.9. The van der Waals surface area contributed by atoms with E-state index < -0.39 is 0 Å². The minimum Gasteiger partial charge on any atom is -0.497 e. The lowest BCUT2D eigenvalue weighted by Gasteiger charge is -2.25. The Balaban J connectivity index is 1.85. The van der Waals surface area contributed by atoms with Gasteiger partial charge in [0.25, 0.3) is 0 Å². The molecule has 0 radical (unpaired) electrons. The van der Waals surface area contributed by atoms with Gasteiger partial charge in [0.2, 0.25) is 0 Å². The Morgan fingerprint density at radius 3 is 1.90 bits per heavy atom. The Bertz CT molecular complexity index is 1140. The molecular weight excluding hydrogens is 382 g/mol. The molecule has 0 saturated heterocycles. The van der Waals surface area contributed by atoms with Gasteiger partial charge in [0.1, 0.15) is 11.5 Å². The lowest BCUT2D eigenvalue weighted by molar-refractivity contribution is 0.415. The Labute approximate surface area is 183 Å². The van der Waals surface area contributed by atoms with Crippen LogP contribution < -0.4 is 14.4 Å². The summed E-state index contributed by atoms with van der Waals surface area (Å²) in [7, 11) is 3.37. The first-order valence-electron chi connectivity index (χ1n) is 10.2. The lowest BCUT2D eigenvalue weighted by atomic mass is 10.0. The molecule has 4 rings (SSSR count). The molecule has 154 valence electrons. The van der Waals surface area contributed by atoms with Crippen LogP contribution in [-0.2, 0) is 0 Å². The summed E-state index contributed by atoms with van der Waals surface area (Å²) >= 11 is 0. The maximum absolute atomic E-state index is 5.52. The third kappa shape index (κ3) is 4.78. The smallest absolute Gasteiger partial charge is 0.119 e. The van der Waals surface area contributed by atoms with E-state index in [4.69, 9.17) is 9.47 Å². The SMILES string of the molecule is COc1ccc(N(/C=C/c2ccccc2)c2ccc(OC)cc2-c2ccccc2)cc1. The molecule has 0 N–H and O–H groups in total. The number of benzene rings is 4. The summed E-state index contributed by atoms with van der Waals surface area (Å²) in [5.41, 5.74) is 5.45. The number of ether oxygens (including phenoxy) is 2. The van der Waals surface area contributed by atoms with Gasteiger partial charge in [-0.3, -0.25) is 0 Å². The Morgan fingerprint density at radius 1 is 0.645 bits per heavy atom. The Kier molecular flexibility index (Phi) is 6.34. The molecule has 0 fully saturated rings. The highest BCUT2D eigenvalue weighted by Crippen LogP contribution is 2.38. The minimum atomic E-state index is 0.823. The Morgan fingerprint density at radius 2 is 1.26 bits per heavy atom. The molecule has 0 bridgehead atoms. The van der Waals surface area contributed by atoms with Crippen molar-refractivity contribution in [1.29, 1.82) is 0 Å². The first kappa shape index (κ1) is 20.3. The third-order valence-electron chi connectivity index (χ3n) is 5.11. The van der Waals surface area contributed by atoms with Crippen molar-refractivity contribution in [3.8, 4) is 22.6 Å². The van der Waals surface area contributed by atoms with Crippen molar-refractivity contribution < 1.29 is 9.47 Å².